The molecule has 0 aromatic rings. The number of aliphatic hydroxyl groups excluding tert-OH is 2. The van der Waals surface area contributed by atoms with E-state index >= 15 is 0 Å². The first-order chi connectivity index (χ1) is 34.0. The van der Waals surface area contributed by atoms with E-state index in [9.17, 15) is 19.8 Å². The lowest BCUT2D eigenvalue weighted by atomic mass is 10.0. The zero-order valence-electron chi connectivity index (χ0n) is 46.6. The van der Waals surface area contributed by atoms with Crippen LogP contribution in [-0.4, -0.2) is 47.4 Å². The number of esters is 1. The molecule has 0 saturated carbocycles. The van der Waals surface area contributed by atoms with E-state index in [-0.39, 0.29) is 18.5 Å². The maximum Gasteiger partial charge on any atom is 0.305 e. The Balaban J connectivity index is 3.44. The van der Waals surface area contributed by atoms with Gasteiger partial charge in [-0.3, -0.25) is 9.59 Å². The number of allylic oxidation sites excluding steroid dienone is 3. The van der Waals surface area contributed by atoms with E-state index in [1.807, 2.05) is 6.08 Å². The molecule has 2 atom stereocenters. The zero-order valence-corrected chi connectivity index (χ0v) is 46.6. The number of carbonyl (C=O) groups is 2. The molecule has 6 nitrogen and oxygen atoms in total. The Morgan fingerprint density at radius 1 is 0.391 bits per heavy atom. The average Bonchev–Trinajstić information content (AvgIpc) is 3.35. The van der Waals surface area contributed by atoms with Crippen molar-refractivity contribution in [3.05, 3.63) is 24.3 Å². The van der Waals surface area contributed by atoms with Crippen molar-refractivity contribution >= 4 is 11.9 Å². The number of unbranched alkanes of at least 4 members (excludes halogenated alkanes) is 45. The second kappa shape index (κ2) is 58.9. The number of rotatable bonds is 58. The molecule has 0 rings (SSSR count). The number of nitrogens with one attached hydrogen (secondary N) is 1. The van der Waals surface area contributed by atoms with Crippen molar-refractivity contribution in [3.63, 3.8) is 0 Å². The second-order valence-corrected chi connectivity index (χ2v) is 21.4. The molecule has 0 aliphatic carbocycles. The van der Waals surface area contributed by atoms with Gasteiger partial charge < -0.3 is 20.3 Å². The second-order valence-electron chi connectivity index (χ2n) is 21.4. The predicted molar refractivity (Wildman–Crippen MR) is 301 cm³/mol. The fourth-order valence-electron chi connectivity index (χ4n) is 9.69. The van der Waals surface area contributed by atoms with E-state index in [2.05, 4.69) is 31.3 Å². The van der Waals surface area contributed by atoms with Crippen LogP contribution in [0.1, 0.15) is 341 Å². The minimum atomic E-state index is -0.848. The number of ether oxygens (including phenoxy) is 1. The van der Waals surface area contributed by atoms with E-state index < -0.39 is 12.1 Å². The molecular formula is C63H121NO5. The summed E-state index contributed by atoms with van der Waals surface area (Å²) in [5.74, 6) is -0.0707. The van der Waals surface area contributed by atoms with Crippen LogP contribution in [-0.2, 0) is 14.3 Å². The minimum Gasteiger partial charge on any atom is -0.466 e. The summed E-state index contributed by atoms with van der Waals surface area (Å²) in [6.45, 7) is 4.91. The van der Waals surface area contributed by atoms with Crippen LogP contribution in [0.2, 0.25) is 0 Å². The average molecular weight is 973 g/mol. The molecule has 0 aromatic heterocycles. The van der Waals surface area contributed by atoms with Crippen LogP contribution in [0, 0.1) is 0 Å². The molecule has 0 aromatic carbocycles. The van der Waals surface area contributed by atoms with Crippen molar-refractivity contribution in [1.29, 1.82) is 0 Å². The van der Waals surface area contributed by atoms with Crippen molar-refractivity contribution in [3.8, 4) is 0 Å². The summed E-state index contributed by atoms with van der Waals surface area (Å²) < 4.78 is 5.47. The van der Waals surface area contributed by atoms with Gasteiger partial charge in [-0.2, -0.15) is 0 Å². The molecular weight excluding hydrogens is 851 g/mol. The summed E-state index contributed by atoms with van der Waals surface area (Å²) in [5.41, 5.74) is 0. The summed E-state index contributed by atoms with van der Waals surface area (Å²) in [5, 5.41) is 23.2. The normalized spacial score (nSPS) is 12.7. The van der Waals surface area contributed by atoms with Gasteiger partial charge in [-0.15, -0.1) is 0 Å². The smallest absolute Gasteiger partial charge is 0.305 e. The van der Waals surface area contributed by atoms with Gasteiger partial charge in [0.15, 0.2) is 0 Å². The molecule has 0 radical (unpaired) electrons. The van der Waals surface area contributed by atoms with Crippen molar-refractivity contribution in [2.45, 2.75) is 353 Å². The van der Waals surface area contributed by atoms with E-state index in [0.29, 0.717) is 19.4 Å². The molecule has 69 heavy (non-hydrogen) atoms. The van der Waals surface area contributed by atoms with Gasteiger partial charge in [0.1, 0.15) is 0 Å². The van der Waals surface area contributed by atoms with Crippen LogP contribution in [0.5, 0.6) is 0 Å². The Morgan fingerprint density at radius 3 is 1.03 bits per heavy atom. The lowest BCUT2D eigenvalue weighted by molar-refractivity contribution is -0.143. The highest BCUT2D eigenvalue weighted by Gasteiger charge is 2.18. The summed E-state index contributed by atoms with van der Waals surface area (Å²) >= 11 is 0. The highest BCUT2D eigenvalue weighted by molar-refractivity contribution is 5.76. The molecule has 0 aliphatic rings. The third-order valence-electron chi connectivity index (χ3n) is 14.5. The van der Waals surface area contributed by atoms with Gasteiger partial charge in [0, 0.05) is 12.8 Å². The standard InChI is InChI=1S/C63H121NO5/c1-3-5-7-9-11-13-15-17-19-20-21-22-25-28-31-35-39-43-47-51-55-61(66)60(59-65)64-62(67)56-52-48-44-40-36-32-29-26-23-24-27-30-34-38-42-46-50-54-58-69-63(68)57-53-49-45-41-37-33-18-16-14-12-10-8-6-4-2/h16,18,51,55,60-61,65-66H,3-15,17,19-50,52-54,56-59H2,1-2H3,(H,64,67)/b18-16-,55-51+. The number of aliphatic hydroxyl groups is 2. The van der Waals surface area contributed by atoms with E-state index in [0.717, 1.165) is 44.9 Å². The van der Waals surface area contributed by atoms with Crippen LogP contribution < -0.4 is 5.32 Å². The van der Waals surface area contributed by atoms with Crippen LogP contribution in [0.15, 0.2) is 24.3 Å². The van der Waals surface area contributed by atoms with Crippen molar-refractivity contribution in [2.75, 3.05) is 13.2 Å². The fourth-order valence-corrected chi connectivity index (χ4v) is 9.69. The highest BCUT2D eigenvalue weighted by atomic mass is 16.5. The lowest BCUT2D eigenvalue weighted by Crippen LogP contribution is -2.45. The maximum atomic E-state index is 12.5. The Hall–Kier alpha value is -1.66. The topological polar surface area (TPSA) is 95.9 Å². The molecule has 0 fully saturated rings. The maximum absolute atomic E-state index is 12.5. The zero-order chi connectivity index (χ0) is 50.0. The van der Waals surface area contributed by atoms with Gasteiger partial charge in [-0.25, -0.2) is 0 Å². The first-order valence-electron chi connectivity index (χ1n) is 31.1. The van der Waals surface area contributed by atoms with Gasteiger partial charge in [-0.1, -0.05) is 295 Å². The Bertz CT molecular complexity index is 1080. The number of carbonyl (C=O) groups excluding carboxylic acids is 2. The van der Waals surface area contributed by atoms with Gasteiger partial charge >= 0.3 is 5.97 Å². The first kappa shape index (κ1) is 67.3. The fraction of sp³-hybridized carbons (Fsp3) is 0.905. The highest BCUT2D eigenvalue weighted by Crippen LogP contribution is 2.18. The lowest BCUT2D eigenvalue weighted by Gasteiger charge is -2.20. The number of hydrogen-bond acceptors (Lipinski definition) is 5. The van der Waals surface area contributed by atoms with E-state index in [1.54, 1.807) is 6.08 Å². The molecule has 2 unspecified atom stereocenters. The largest absolute Gasteiger partial charge is 0.466 e. The Kier molecular flexibility index (Phi) is 57.5. The third-order valence-corrected chi connectivity index (χ3v) is 14.5. The van der Waals surface area contributed by atoms with E-state index in [4.69, 9.17) is 4.74 Å². The van der Waals surface area contributed by atoms with Crippen molar-refractivity contribution in [1.82, 2.24) is 5.32 Å². The quantitative estimate of drug-likeness (QED) is 0.0321. The minimum absolute atomic E-state index is 0.00153. The summed E-state index contributed by atoms with van der Waals surface area (Å²) in [7, 11) is 0. The number of amides is 1. The molecule has 3 N–H and O–H groups in total. The predicted octanol–water partition coefficient (Wildman–Crippen LogP) is 19.4. The van der Waals surface area contributed by atoms with E-state index in [1.165, 1.54) is 270 Å². The van der Waals surface area contributed by atoms with Gasteiger partial charge in [-0.05, 0) is 57.8 Å². The van der Waals surface area contributed by atoms with Crippen LogP contribution in [0.3, 0.4) is 0 Å². The monoisotopic (exact) mass is 972 g/mol. The summed E-state index contributed by atoms with van der Waals surface area (Å²) in [6.07, 6.45) is 72.1. The SMILES string of the molecule is CCCCCCC/C=C\CCCCCCCC(=O)OCCCCCCCCCCCCCCCCCCCCC(=O)NC(CO)C(O)/C=C/CCCCCCCCCCCCCCCCCCCC. The molecule has 408 valence electrons. The molecule has 0 heterocycles. The van der Waals surface area contributed by atoms with Gasteiger partial charge in [0.25, 0.3) is 0 Å². The van der Waals surface area contributed by atoms with Crippen molar-refractivity contribution < 1.29 is 24.5 Å². The number of hydrogen-bond donors (Lipinski definition) is 3. The third kappa shape index (κ3) is 55.5. The molecule has 0 bridgehead atoms. The molecule has 0 spiro atoms. The van der Waals surface area contributed by atoms with Gasteiger partial charge in [0.05, 0.1) is 25.4 Å². The van der Waals surface area contributed by atoms with Crippen LogP contribution in [0.4, 0.5) is 0 Å². The molecule has 0 saturated heterocycles. The van der Waals surface area contributed by atoms with Crippen LogP contribution in [0.25, 0.3) is 0 Å². The summed E-state index contributed by atoms with van der Waals surface area (Å²) in [6, 6.07) is -0.632. The summed E-state index contributed by atoms with van der Waals surface area (Å²) in [4.78, 5) is 24.5. The molecule has 6 heteroatoms. The van der Waals surface area contributed by atoms with Crippen molar-refractivity contribution in [2.24, 2.45) is 0 Å². The molecule has 0 aliphatic heterocycles. The Morgan fingerprint density at radius 2 is 0.681 bits per heavy atom. The first-order valence-corrected chi connectivity index (χ1v) is 31.1. The van der Waals surface area contributed by atoms with Gasteiger partial charge in [0.2, 0.25) is 5.91 Å². The Labute approximate surface area is 431 Å². The van der Waals surface area contributed by atoms with Crippen LogP contribution >= 0.6 is 0 Å². The molecule has 1 amide bonds.